The Hall–Kier alpha value is -0.480. The van der Waals surface area contributed by atoms with Gasteiger partial charge in [0, 0.05) is 17.5 Å². The Morgan fingerprint density at radius 1 is 1.17 bits per heavy atom. The van der Waals surface area contributed by atoms with Gasteiger partial charge in [0.15, 0.2) is 5.78 Å². The molecule has 1 saturated carbocycles. The number of fused-ring (bicyclic) bond motifs is 1. The molecule has 164 valence electrons. The molecular formula is C23H34Cl3NO2. The first-order valence-corrected chi connectivity index (χ1v) is 11.5. The van der Waals surface area contributed by atoms with Crippen molar-refractivity contribution in [3.8, 4) is 5.75 Å². The second-order valence-corrected chi connectivity index (χ2v) is 9.54. The minimum absolute atomic E-state index is 0. The summed E-state index contributed by atoms with van der Waals surface area (Å²) < 4.78 is 5.95. The minimum atomic E-state index is -0.286. The van der Waals surface area contributed by atoms with Crippen molar-refractivity contribution in [1.82, 2.24) is 4.90 Å². The molecule has 1 aromatic rings. The molecule has 2 aliphatic rings. The van der Waals surface area contributed by atoms with Crippen LogP contribution in [0.15, 0.2) is 6.07 Å². The largest absolute Gasteiger partial charge is 0.492 e. The summed E-state index contributed by atoms with van der Waals surface area (Å²) in [4.78, 5) is 15.8. The molecule has 1 fully saturated rings. The van der Waals surface area contributed by atoms with Crippen molar-refractivity contribution in [3.63, 3.8) is 0 Å². The van der Waals surface area contributed by atoms with Crippen LogP contribution in [-0.4, -0.2) is 37.9 Å². The molecular weight excluding hydrogens is 429 g/mol. The number of unbranched alkanes of at least 4 members (excludes halogenated alkanes) is 1. The first-order valence-electron chi connectivity index (χ1n) is 10.7. The average Bonchev–Trinajstić information content (AvgIpc) is 3.28. The Morgan fingerprint density at radius 3 is 2.48 bits per heavy atom. The van der Waals surface area contributed by atoms with Crippen molar-refractivity contribution in [3.05, 3.63) is 27.2 Å². The third kappa shape index (κ3) is 5.06. The van der Waals surface area contributed by atoms with Crippen molar-refractivity contribution in [2.45, 2.75) is 64.7 Å². The SMILES string of the molecule is CCCCC1(C2CCCC2)Cc2cc(OCCCN(C)C)c(Cl)c(Cl)c2C1=O.Cl. The molecule has 0 aromatic heterocycles. The summed E-state index contributed by atoms with van der Waals surface area (Å²) in [6, 6.07) is 1.99. The van der Waals surface area contributed by atoms with Gasteiger partial charge in [-0.1, -0.05) is 55.8 Å². The quantitative estimate of drug-likeness (QED) is 0.376. The van der Waals surface area contributed by atoms with E-state index in [2.05, 4.69) is 11.8 Å². The lowest BCUT2D eigenvalue weighted by molar-refractivity contribution is 0.0671. The van der Waals surface area contributed by atoms with Gasteiger partial charge in [-0.25, -0.2) is 0 Å². The van der Waals surface area contributed by atoms with Crippen molar-refractivity contribution in [2.24, 2.45) is 11.3 Å². The second kappa shape index (κ2) is 10.7. The number of hydrogen-bond acceptors (Lipinski definition) is 3. The number of ether oxygens (including phenoxy) is 1. The zero-order valence-corrected chi connectivity index (χ0v) is 20.2. The smallest absolute Gasteiger partial charge is 0.171 e. The van der Waals surface area contributed by atoms with Crippen LogP contribution in [-0.2, 0) is 6.42 Å². The van der Waals surface area contributed by atoms with Crippen LogP contribution in [0.25, 0.3) is 0 Å². The Labute approximate surface area is 191 Å². The highest BCUT2D eigenvalue weighted by atomic mass is 35.5. The van der Waals surface area contributed by atoms with E-state index in [1.807, 2.05) is 20.2 Å². The number of carbonyl (C=O) groups excluding carboxylic acids is 1. The highest BCUT2D eigenvalue weighted by Crippen LogP contribution is 2.54. The first-order chi connectivity index (χ1) is 13.4. The standard InChI is InChI=1S/C23H33Cl2NO2.ClH/c1-4-5-11-23(17-9-6-7-10-17)15-16-14-18(28-13-8-12-26(2)3)20(24)21(25)19(16)22(23)27;/h14,17H,4-13,15H2,1-3H3;1H. The summed E-state index contributed by atoms with van der Waals surface area (Å²) in [7, 11) is 4.09. The number of Topliss-reactive ketones (excluding diaryl/α,β-unsaturated/α-hetero) is 1. The normalized spacial score (nSPS) is 21.5. The Bertz CT molecular complexity index is 717. The van der Waals surface area contributed by atoms with E-state index in [0.717, 1.165) is 57.1 Å². The number of nitrogens with zero attached hydrogens (tertiary/aromatic N) is 1. The van der Waals surface area contributed by atoms with Gasteiger partial charge < -0.3 is 9.64 Å². The summed E-state index contributed by atoms with van der Waals surface area (Å²) in [5.41, 5.74) is 1.41. The molecule has 2 aliphatic carbocycles. The molecule has 0 heterocycles. The summed E-state index contributed by atoms with van der Waals surface area (Å²) in [5.74, 6) is 1.32. The van der Waals surface area contributed by atoms with E-state index in [1.165, 1.54) is 12.8 Å². The highest BCUT2D eigenvalue weighted by molar-refractivity contribution is 6.45. The van der Waals surface area contributed by atoms with Gasteiger partial charge in [-0.15, -0.1) is 12.4 Å². The van der Waals surface area contributed by atoms with Crippen LogP contribution in [0, 0.1) is 11.3 Å². The van der Waals surface area contributed by atoms with Crippen LogP contribution in [0.1, 0.15) is 74.2 Å². The Morgan fingerprint density at radius 2 is 1.86 bits per heavy atom. The summed E-state index contributed by atoms with van der Waals surface area (Å²) in [6.45, 7) is 3.74. The van der Waals surface area contributed by atoms with E-state index in [1.54, 1.807) is 0 Å². The molecule has 0 aliphatic heterocycles. The maximum absolute atomic E-state index is 13.6. The molecule has 0 N–H and O–H groups in total. The van der Waals surface area contributed by atoms with E-state index in [-0.39, 0.29) is 23.6 Å². The Balaban J connectivity index is 0.00000300. The van der Waals surface area contributed by atoms with Gasteiger partial charge in [0.2, 0.25) is 0 Å². The summed E-state index contributed by atoms with van der Waals surface area (Å²) in [5, 5.41) is 0.777. The van der Waals surface area contributed by atoms with Crippen LogP contribution in [0.3, 0.4) is 0 Å². The van der Waals surface area contributed by atoms with E-state index in [0.29, 0.717) is 33.9 Å². The lowest BCUT2D eigenvalue weighted by Gasteiger charge is -2.34. The van der Waals surface area contributed by atoms with Crippen LogP contribution < -0.4 is 4.74 Å². The van der Waals surface area contributed by atoms with E-state index < -0.39 is 0 Å². The number of hydrogen-bond donors (Lipinski definition) is 0. The van der Waals surface area contributed by atoms with Crippen molar-refractivity contribution < 1.29 is 9.53 Å². The van der Waals surface area contributed by atoms with E-state index in [4.69, 9.17) is 27.9 Å². The molecule has 3 nitrogen and oxygen atoms in total. The van der Waals surface area contributed by atoms with Gasteiger partial charge in [-0.3, -0.25) is 4.79 Å². The molecule has 0 saturated heterocycles. The van der Waals surface area contributed by atoms with Gasteiger partial charge in [0.05, 0.1) is 11.6 Å². The molecule has 3 rings (SSSR count). The lowest BCUT2D eigenvalue weighted by Crippen LogP contribution is -2.35. The highest BCUT2D eigenvalue weighted by Gasteiger charge is 2.51. The number of halogens is 3. The summed E-state index contributed by atoms with van der Waals surface area (Å²) >= 11 is 13.2. The maximum atomic E-state index is 13.6. The predicted molar refractivity (Wildman–Crippen MR) is 124 cm³/mol. The third-order valence-corrected chi connectivity index (χ3v) is 7.41. The molecule has 1 aromatic carbocycles. The number of carbonyl (C=O) groups is 1. The fraction of sp³-hybridized carbons (Fsp3) is 0.696. The second-order valence-electron chi connectivity index (χ2n) is 8.79. The molecule has 1 atom stereocenters. The number of benzene rings is 1. The van der Waals surface area contributed by atoms with Gasteiger partial charge in [0.25, 0.3) is 0 Å². The van der Waals surface area contributed by atoms with E-state index >= 15 is 0 Å². The van der Waals surface area contributed by atoms with Crippen molar-refractivity contribution in [1.29, 1.82) is 0 Å². The minimum Gasteiger partial charge on any atom is -0.492 e. The maximum Gasteiger partial charge on any atom is 0.171 e. The van der Waals surface area contributed by atoms with Crippen molar-refractivity contribution in [2.75, 3.05) is 27.2 Å². The van der Waals surface area contributed by atoms with Gasteiger partial charge in [-0.05, 0) is 63.7 Å². The Kier molecular flexibility index (Phi) is 9.15. The lowest BCUT2D eigenvalue weighted by atomic mass is 9.68. The topological polar surface area (TPSA) is 29.5 Å². The molecule has 0 spiro atoms. The predicted octanol–water partition coefficient (Wildman–Crippen LogP) is 6.85. The molecule has 0 amide bonds. The number of ketones is 1. The summed E-state index contributed by atoms with van der Waals surface area (Å²) in [6.07, 6.45) is 9.62. The van der Waals surface area contributed by atoms with Gasteiger partial charge in [0.1, 0.15) is 10.8 Å². The van der Waals surface area contributed by atoms with Crippen LogP contribution in [0.5, 0.6) is 5.75 Å². The third-order valence-electron chi connectivity index (χ3n) is 6.56. The van der Waals surface area contributed by atoms with Crippen LogP contribution in [0.4, 0.5) is 0 Å². The molecule has 1 unspecified atom stereocenters. The molecule has 6 heteroatoms. The number of rotatable bonds is 9. The van der Waals surface area contributed by atoms with Gasteiger partial charge in [-0.2, -0.15) is 0 Å². The van der Waals surface area contributed by atoms with Crippen LogP contribution >= 0.6 is 35.6 Å². The monoisotopic (exact) mass is 461 g/mol. The first kappa shape index (κ1) is 24.8. The van der Waals surface area contributed by atoms with Crippen molar-refractivity contribution >= 4 is 41.4 Å². The van der Waals surface area contributed by atoms with Crippen LogP contribution in [0.2, 0.25) is 10.0 Å². The van der Waals surface area contributed by atoms with E-state index in [9.17, 15) is 4.79 Å². The molecule has 29 heavy (non-hydrogen) atoms. The molecule has 0 bridgehead atoms. The zero-order valence-electron chi connectivity index (χ0n) is 17.9. The zero-order chi connectivity index (χ0) is 20.3. The fourth-order valence-corrected chi connectivity index (χ4v) is 5.58. The molecule has 0 radical (unpaired) electrons. The van der Waals surface area contributed by atoms with Gasteiger partial charge >= 0.3 is 0 Å². The average molecular weight is 463 g/mol. The fourth-order valence-electron chi connectivity index (χ4n) is 5.08.